The Kier molecular flexibility index (Phi) is 5.90. The van der Waals surface area contributed by atoms with Crippen molar-refractivity contribution in [1.29, 1.82) is 0 Å². The van der Waals surface area contributed by atoms with E-state index >= 15 is 0 Å². The molecule has 1 N–H and O–H groups in total. The molecule has 118 valence electrons. The van der Waals surface area contributed by atoms with Gasteiger partial charge in [0, 0.05) is 10.8 Å². The lowest BCUT2D eigenvalue weighted by Gasteiger charge is -2.08. The lowest BCUT2D eigenvalue weighted by atomic mass is 10.2. The summed E-state index contributed by atoms with van der Waals surface area (Å²) in [4.78, 5) is 12.2. The summed E-state index contributed by atoms with van der Waals surface area (Å²) in [6.07, 6.45) is 3.61. The molecule has 0 aliphatic heterocycles. The third-order valence-electron chi connectivity index (χ3n) is 3.42. The monoisotopic (exact) mass is 439 g/mol. The molecular weight excluding hydrogens is 425 g/mol. The third-order valence-corrected chi connectivity index (χ3v) is 3.74. The molecule has 1 heterocycles. The van der Waals surface area contributed by atoms with Crippen LogP contribution in [-0.4, -0.2) is 11.0 Å². The minimum absolute atomic E-state index is 0. The summed E-state index contributed by atoms with van der Waals surface area (Å²) in [5, 5.41) is 9.72. The number of benzene rings is 2. The number of carbonyl (C=O) groups is 1. The van der Waals surface area contributed by atoms with E-state index < -0.39 is 0 Å². The molecule has 0 saturated heterocycles. The minimum Gasteiger partial charge on any atom is -1.00 e. The second kappa shape index (κ2) is 7.70. The molecule has 2 aromatic carbocycles. The molecule has 0 atom stereocenters. The lowest BCUT2D eigenvalue weighted by molar-refractivity contribution is -0.740. The van der Waals surface area contributed by atoms with Gasteiger partial charge in [-0.2, -0.15) is 0 Å². The number of para-hydroxylation sites is 1. The molecule has 0 spiro atoms. The summed E-state index contributed by atoms with van der Waals surface area (Å²) in [5.41, 5.74) is 1.58. The highest BCUT2D eigenvalue weighted by molar-refractivity contribution is 6.33. The first-order valence-electron chi connectivity index (χ1n) is 6.93. The highest BCUT2D eigenvalue weighted by Gasteiger charge is 2.14. The Hall–Kier alpha value is -1.73. The molecule has 0 radical (unpaired) electrons. The van der Waals surface area contributed by atoms with Crippen molar-refractivity contribution in [2.75, 3.05) is 5.32 Å². The fourth-order valence-corrected chi connectivity index (χ4v) is 2.55. The number of amides is 1. The van der Waals surface area contributed by atoms with Gasteiger partial charge in [0.25, 0.3) is 12.5 Å². The smallest absolute Gasteiger partial charge is 0.292 e. The Morgan fingerprint density at radius 2 is 1.91 bits per heavy atom. The van der Waals surface area contributed by atoms with Crippen molar-refractivity contribution in [3.63, 3.8) is 0 Å². The van der Waals surface area contributed by atoms with Crippen molar-refractivity contribution in [3.05, 3.63) is 65.4 Å². The zero-order valence-electron chi connectivity index (χ0n) is 12.5. The molecule has 6 heteroatoms. The normalized spacial score (nSPS) is 10.2. The number of halogens is 2. The van der Waals surface area contributed by atoms with Crippen molar-refractivity contribution in [1.82, 2.24) is 5.10 Å². The van der Waals surface area contributed by atoms with Gasteiger partial charge in [0.1, 0.15) is 6.20 Å². The van der Waals surface area contributed by atoms with E-state index in [1.165, 1.54) is 0 Å². The van der Waals surface area contributed by atoms with Gasteiger partial charge in [0.15, 0.2) is 0 Å². The number of anilines is 1. The van der Waals surface area contributed by atoms with Crippen LogP contribution >= 0.6 is 11.6 Å². The molecule has 3 aromatic rings. The Labute approximate surface area is 156 Å². The molecule has 3 rings (SSSR count). The number of hydrogen-bond acceptors (Lipinski definition) is 2. The van der Waals surface area contributed by atoms with Crippen LogP contribution in [-0.2, 0) is 11.3 Å². The average Bonchev–Trinajstić information content (AvgIpc) is 2.51. The molecule has 0 saturated carbocycles. The third kappa shape index (κ3) is 4.17. The first-order valence-corrected chi connectivity index (χ1v) is 7.31. The van der Waals surface area contributed by atoms with Crippen molar-refractivity contribution in [3.8, 4) is 0 Å². The fourth-order valence-electron chi connectivity index (χ4n) is 2.28. The summed E-state index contributed by atoms with van der Waals surface area (Å²) >= 11 is 6.12. The highest BCUT2D eigenvalue weighted by atomic mass is 127. The van der Waals surface area contributed by atoms with Gasteiger partial charge in [-0.25, -0.2) is 0 Å². The van der Waals surface area contributed by atoms with Gasteiger partial charge in [-0.05, 0) is 29.7 Å². The Morgan fingerprint density at radius 3 is 2.65 bits per heavy atom. The largest absolute Gasteiger partial charge is 1.00 e. The van der Waals surface area contributed by atoms with Crippen LogP contribution in [0.2, 0.25) is 5.02 Å². The van der Waals surface area contributed by atoms with E-state index in [2.05, 4.69) is 10.4 Å². The number of nitrogens with zero attached hydrogens (tertiary/aromatic N) is 2. The van der Waals surface area contributed by atoms with Crippen molar-refractivity contribution >= 4 is 34.0 Å². The van der Waals surface area contributed by atoms with Crippen molar-refractivity contribution in [2.24, 2.45) is 0 Å². The minimum atomic E-state index is -0.163. The summed E-state index contributed by atoms with van der Waals surface area (Å²) in [6, 6.07) is 13.4. The molecule has 0 fully saturated rings. The molecule has 23 heavy (non-hydrogen) atoms. The van der Waals surface area contributed by atoms with E-state index in [1.807, 2.05) is 49.5 Å². The number of rotatable bonds is 3. The summed E-state index contributed by atoms with van der Waals surface area (Å²) in [7, 11) is 0. The number of fused-ring (bicyclic) bond motifs is 1. The Balaban J connectivity index is 0.00000192. The molecule has 1 amide bonds. The van der Waals surface area contributed by atoms with Crippen LogP contribution in [0.15, 0.2) is 54.9 Å². The Morgan fingerprint density at radius 1 is 1.17 bits per heavy atom. The van der Waals surface area contributed by atoms with E-state index in [9.17, 15) is 4.79 Å². The van der Waals surface area contributed by atoms with Crippen molar-refractivity contribution in [2.45, 2.75) is 13.5 Å². The number of nitrogens with one attached hydrogen (secondary N) is 1. The van der Waals surface area contributed by atoms with Gasteiger partial charge in [-0.1, -0.05) is 46.6 Å². The lowest BCUT2D eigenvalue weighted by Crippen LogP contribution is -3.00. The second-order valence-electron chi connectivity index (χ2n) is 5.08. The first-order chi connectivity index (χ1) is 10.6. The Bertz CT molecular complexity index is 834. The van der Waals surface area contributed by atoms with E-state index in [-0.39, 0.29) is 36.4 Å². The van der Waals surface area contributed by atoms with Crippen LogP contribution in [0.25, 0.3) is 10.8 Å². The van der Waals surface area contributed by atoms with E-state index in [1.54, 1.807) is 16.9 Å². The maximum Gasteiger partial charge on any atom is 0.292 e. The van der Waals surface area contributed by atoms with Crippen LogP contribution in [0.3, 0.4) is 0 Å². The molecular formula is C17H15ClIN3O. The second-order valence-corrected chi connectivity index (χ2v) is 5.49. The van der Waals surface area contributed by atoms with E-state index in [0.717, 1.165) is 16.3 Å². The molecule has 0 aliphatic carbocycles. The molecule has 0 unspecified atom stereocenters. The van der Waals surface area contributed by atoms with E-state index in [4.69, 9.17) is 11.6 Å². The van der Waals surface area contributed by atoms with Gasteiger partial charge in [0.05, 0.1) is 10.7 Å². The van der Waals surface area contributed by atoms with Crippen LogP contribution < -0.4 is 34.0 Å². The van der Waals surface area contributed by atoms with Crippen LogP contribution in [0.1, 0.15) is 5.56 Å². The van der Waals surface area contributed by atoms with Gasteiger partial charge in [0.2, 0.25) is 6.20 Å². The van der Waals surface area contributed by atoms with E-state index in [0.29, 0.717) is 10.7 Å². The van der Waals surface area contributed by atoms with Crippen LogP contribution in [0.4, 0.5) is 5.69 Å². The topological polar surface area (TPSA) is 45.9 Å². The van der Waals surface area contributed by atoms with Gasteiger partial charge in [-0.15, -0.1) is 0 Å². The fraction of sp³-hybridized carbons (Fsp3) is 0.118. The predicted octanol–water partition coefficient (Wildman–Crippen LogP) is 0.127. The van der Waals surface area contributed by atoms with Gasteiger partial charge in [-0.3, -0.25) is 4.79 Å². The standard InChI is InChI=1S/C17H14ClN3O.HI/c1-12-5-4-8-15(18)17(12)20-16(22)11-21-10-14-7-3-2-6-13(14)9-19-21;/h2-10H,11H2,1H3;1H. The summed E-state index contributed by atoms with van der Waals surface area (Å²) in [6.45, 7) is 2.04. The molecule has 1 aromatic heterocycles. The predicted molar refractivity (Wildman–Crippen MR) is 86.8 cm³/mol. The first kappa shape index (κ1) is 17.6. The van der Waals surface area contributed by atoms with Crippen LogP contribution in [0, 0.1) is 6.92 Å². The number of aromatic nitrogens is 2. The highest BCUT2D eigenvalue weighted by Crippen LogP contribution is 2.24. The average molecular weight is 440 g/mol. The zero-order valence-corrected chi connectivity index (χ0v) is 15.4. The molecule has 0 aliphatic rings. The summed E-state index contributed by atoms with van der Waals surface area (Å²) in [5.74, 6) is -0.163. The quantitative estimate of drug-likeness (QED) is 0.466. The number of hydrogen-bond donors (Lipinski definition) is 1. The molecule has 0 bridgehead atoms. The van der Waals surface area contributed by atoms with Gasteiger partial charge < -0.3 is 29.3 Å². The molecule has 4 nitrogen and oxygen atoms in total. The van der Waals surface area contributed by atoms with Crippen LogP contribution in [0.5, 0.6) is 0 Å². The van der Waals surface area contributed by atoms with Crippen molar-refractivity contribution < 1.29 is 33.5 Å². The maximum atomic E-state index is 12.2. The van der Waals surface area contributed by atoms with Gasteiger partial charge >= 0.3 is 0 Å². The zero-order chi connectivity index (χ0) is 15.5. The number of carbonyl (C=O) groups excluding carboxylic acids is 1. The maximum absolute atomic E-state index is 12.2. The SMILES string of the molecule is Cc1cccc(Cl)c1NC(=O)C[n+]1cc2ccccc2cn1.[I-]. The number of aryl methyl sites for hydroxylation is 1. The summed E-state index contributed by atoms with van der Waals surface area (Å²) < 4.78 is 1.61.